The predicted octanol–water partition coefficient (Wildman–Crippen LogP) is 3.15. The molecule has 1 amide bonds. The number of benzene rings is 1. The first-order valence-corrected chi connectivity index (χ1v) is 9.21. The predicted molar refractivity (Wildman–Crippen MR) is 97.5 cm³/mol. The second-order valence-electron chi connectivity index (χ2n) is 7.11. The fraction of sp³-hybridized carbons (Fsp3) is 0.450. The zero-order valence-corrected chi connectivity index (χ0v) is 14.4. The molecule has 4 rings (SSSR count). The molecule has 2 aromatic rings. The van der Waals surface area contributed by atoms with Gasteiger partial charge in [-0.15, -0.1) is 0 Å². The Morgan fingerprint density at radius 2 is 1.84 bits per heavy atom. The highest BCUT2D eigenvalue weighted by atomic mass is 16.2. The number of anilines is 1. The number of nitrogens with one attached hydrogen (secondary N) is 1. The van der Waals surface area contributed by atoms with Gasteiger partial charge in [0.05, 0.1) is 0 Å². The summed E-state index contributed by atoms with van der Waals surface area (Å²) in [6, 6.07) is 12.8. The van der Waals surface area contributed by atoms with E-state index in [1.807, 2.05) is 4.90 Å². The number of likely N-dealkylation sites (tertiary alicyclic amines) is 1. The highest BCUT2D eigenvalue weighted by Crippen LogP contribution is 2.24. The van der Waals surface area contributed by atoms with Crippen molar-refractivity contribution in [2.75, 3.05) is 18.4 Å². The molecule has 25 heavy (non-hydrogen) atoms. The van der Waals surface area contributed by atoms with E-state index in [0.29, 0.717) is 23.6 Å². The summed E-state index contributed by atoms with van der Waals surface area (Å²) >= 11 is 0. The van der Waals surface area contributed by atoms with Crippen LogP contribution in [0.2, 0.25) is 0 Å². The molecule has 2 aliphatic rings. The molecule has 0 spiro atoms. The Morgan fingerprint density at radius 1 is 1.08 bits per heavy atom. The minimum absolute atomic E-state index is 0.0272. The molecule has 2 fully saturated rings. The van der Waals surface area contributed by atoms with Crippen LogP contribution in [-0.2, 0) is 6.42 Å². The van der Waals surface area contributed by atoms with Gasteiger partial charge in [0.25, 0.3) is 5.91 Å². The quantitative estimate of drug-likeness (QED) is 0.911. The molecule has 1 aromatic carbocycles. The van der Waals surface area contributed by atoms with Crippen LogP contribution in [-0.4, -0.2) is 39.9 Å². The van der Waals surface area contributed by atoms with Gasteiger partial charge in [-0.05, 0) is 49.7 Å². The lowest BCUT2D eigenvalue weighted by molar-refractivity contribution is 0.0684. The first-order valence-electron chi connectivity index (χ1n) is 9.21. The van der Waals surface area contributed by atoms with Crippen LogP contribution in [0.4, 0.5) is 5.95 Å². The Balaban J connectivity index is 1.33. The Kier molecular flexibility index (Phi) is 4.63. The third-order valence-corrected chi connectivity index (χ3v) is 5.05. The van der Waals surface area contributed by atoms with E-state index in [1.54, 1.807) is 12.3 Å². The van der Waals surface area contributed by atoms with E-state index in [-0.39, 0.29) is 5.91 Å². The zero-order chi connectivity index (χ0) is 17.1. The second kappa shape index (κ2) is 7.21. The van der Waals surface area contributed by atoms with E-state index in [0.717, 1.165) is 45.2 Å². The van der Waals surface area contributed by atoms with Crippen molar-refractivity contribution in [3.8, 4) is 0 Å². The summed E-state index contributed by atoms with van der Waals surface area (Å²) in [5.41, 5.74) is 1.89. The average Bonchev–Trinajstić information content (AvgIpc) is 3.47. The maximum atomic E-state index is 12.7. The zero-order valence-electron chi connectivity index (χ0n) is 14.4. The number of piperidine rings is 1. The Hall–Kier alpha value is -2.43. The van der Waals surface area contributed by atoms with Gasteiger partial charge in [-0.1, -0.05) is 30.3 Å². The SMILES string of the molecule is O=C(c1ccnc(NC2CC2)n1)N1CCC(Cc2ccccc2)CC1. The van der Waals surface area contributed by atoms with Crippen molar-refractivity contribution in [3.63, 3.8) is 0 Å². The third kappa shape index (κ3) is 4.16. The van der Waals surface area contributed by atoms with Crippen LogP contribution in [0, 0.1) is 5.92 Å². The topological polar surface area (TPSA) is 58.1 Å². The van der Waals surface area contributed by atoms with Crippen molar-refractivity contribution in [3.05, 3.63) is 53.9 Å². The van der Waals surface area contributed by atoms with Gasteiger partial charge < -0.3 is 10.2 Å². The molecule has 1 aliphatic carbocycles. The summed E-state index contributed by atoms with van der Waals surface area (Å²) in [5.74, 6) is 1.26. The summed E-state index contributed by atoms with van der Waals surface area (Å²) in [4.78, 5) is 23.3. The van der Waals surface area contributed by atoms with Gasteiger partial charge in [-0.25, -0.2) is 9.97 Å². The molecule has 2 heterocycles. The molecule has 1 N–H and O–H groups in total. The van der Waals surface area contributed by atoms with Crippen molar-refractivity contribution >= 4 is 11.9 Å². The molecule has 0 atom stereocenters. The number of hydrogen-bond donors (Lipinski definition) is 1. The standard InChI is InChI=1S/C20H24N4O/c25-19(18-8-11-21-20(23-18)22-17-6-7-17)24-12-9-16(10-13-24)14-15-4-2-1-3-5-15/h1-5,8,11,16-17H,6-7,9-10,12-14H2,(H,21,22,23). The molecule has 130 valence electrons. The fourth-order valence-corrected chi connectivity index (χ4v) is 3.41. The summed E-state index contributed by atoms with van der Waals surface area (Å²) < 4.78 is 0. The summed E-state index contributed by atoms with van der Waals surface area (Å²) in [7, 11) is 0. The molecule has 1 saturated carbocycles. The third-order valence-electron chi connectivity index (χ3n) is 5.05. The van der Waals surface area contributed by atoms with Gasteiger partial charge in [0, 0.05) is 25.3 Å². The molecular formula is C20H24N4O. The van der Waals surface area contributed by atoms with Crippen molar-refractivity contribution in [2.24, 2.45) is 5.92 Å². The minimum Gasteiger partial charge on any atom is -0.351 e. The number of nitrogens with zero attached hydrogens (tertiary/aromatic N) is 3. The Bertz CT molecular complexity index is 721. The number of carbonyl (C=O) groups excluding carboxylic acids is 1. The normalized spacial score (nSPS) is 18.2. The minimum atomic E-state index is 0.0272. The van der Waals surface area contributed by atoms with Crippen molar-refractivity contribution in [2.45, 2.75) is 38.1 Å². The lowest BCUT2D eigenvalue weighted by Crippen LogP contribution is -2.39. The maximum absolute atomic E-state index is 12.7. The molecule has 5 nitrogen and oxygen atoms in total. The van der Waals surface area contributed by atoms with E-state index in [1.165, 1.54) is 5.56 Å². The number of rotatable bonds is 5. The van der Waals surface area contributed by atoms with E-state index in [2.05, 4.69) is 45.6 Å². The molecule has 0 radical (unpaired) electrons. The number of amides is 1. The second-order valence-corrected chi connectivity index (χ2v) is 7.11. The van der Waals surface area contributed by atoms with Crippen molar-refractivity contribution < 1.29 is 4.79 Å². The van der Waals surface area contributed by atoms with Crippen LogP contribution in [0.5, 0.6) is 0 Å². The summed E-state index contributed by atoms with van der Waals surface area (Å²) in [5, 5.41) is 3.26. The first-order chi connectivity index (χ1) is 12.3. The summed E-state index contributed by atoms with van der Waals surface area (Å²) in [6.45, 7) is 1.62. The Morgan fingerprint density at radius 3 is 2.56 bits per heavy atom. The van der Waals surface area contributed by atoms with E-state index < -0.39 is 0 Å². The first kappa shape index (κ1) is 16.1. The molecule has 1 aliphatic heterocycles. The Labute approximate surface area is 148 Å². The van der Waals surface area contributed by atoms with E-state index in [4.69, 9.17) is 0 Å². The molecule has 5 heteroatoms. The van der Waals surface area contributed by atoms with Crippen LogP contribution in [0.25, 0.3) is 0 Å². The monoisotopic (exact) mass is 336 g/mol. The van der Waals surface area contributed by atoms with Gasteiger partial charge in [0.1, 0.15) is 5.69 Å². The highest BCUT2D eigenvalue weighted by molar-refractivity contribution is 5.92. The van der Waals surface area contributed by atoms with Crippen LogP contribution < -0.4 is 5.32 Å². The van der Waals surface area contributed by atoms with Crippen LogP contribution in [0.3, 0.4) is 0 Å². The lowest BCUT2D eigenvalue weighted by atomic mass is 9.90. The number of carbonyl (C=O) groups is 1. The van der Waals surface area contributed by atoms with Gasteiger partial charge in [0.2, 0.25) is 5.95 Å². The number of aromatic nitrogens is 2. The van der Waals surface area contributed by atoms with Crippen molar-refractivity contribution in [1.29, 1.82) is 0 Å². The number of hydrogen-bond acceptors (Lipinski definition) is 4. The van der Waals surface area contributed by atoms with Crippen molar-refractivity contribution in [1.82, 2.24) is 14.9 Å². The largest absolute Gasteiger partial charge is 0.351 e. The molecule has 0 unspecified atom stereocenters. The van der Waals surface area contributed by atoms with Gasteiger partial charge in [-0.2, -0.15) is 0 Å². The van der Waals surface area contributed by atoms with Crippen LogP contribution >= 0.6 is 0 Å². The average molecular weight is 336 g/mol. The molecular weight excluding hydrogens is 312 g/mol. The smallest absolute Gasteiger partial charge is 0.272 e. The highest BCUT2D eigenvalue weighted by Gasteiger charge is 2.26. The van der Waals surface area contributed by atoms with Crippen LogP contribution in [0.15, 0.2) is 42.6 Å². The van der Waals surface area contributed by atoms with Crippen LogP contribution in [0.1, 0.15) is 41.7 Å². The lowest BCUT2D eigenvalue weighted by Gasteiger charge is -2.32. The van der Waals surface area contributed by atoms with Gasteiger partial charge in [0.15, 0.2) is 0 Å². The van der Waals surface area contributed by atoms with E-state index >= 15 is 0 Å². The molecule has 1 aromatic heterocycles. The van der Waals surface area contributed by atoms with E-state index in [9.17, 15) is 4.79 Å². The summed E-state index contributed by atoms with van der Waals surface area (Å²) in [6.07, 6.45) is 7.21. The van der Waals surface area contributed by atoms with Gasteiger partial charge >= 0.3 is 0 Å². The molecule has 1 saturated heterocycles. The van der Waals surface area contributed by atoms with Gasteiger partial charge in [-0.3, -0.25) is 4.79 Å². The molecule has 0 bridgehead atoms. The fourth-order valence-electron chi connectivity index (χ4n) is 3.41. The maximum Gasteiger partial charge on any atom is 0.272 e.